The monoisotopic (exact) mass is 241 g/mol. The minimum atomic E-state index is -0.606. The van der Waals surface area contributed by atoms with Gasteiger partial charge in [-0.05, 0) is 31.1 Å². The summed E-state index contributed by atoms with van der Waals surface area (Å²) in [4.78, 5) is 11.9. The van der Waals surface area contributed by atoms with Gasteiger partial charge >= 0.3 is 5.97 Å². The van der Waals surface area contributed by atoms with Crippen LogP contribution in [0.15, 0.2) is 0 Å². The highest BCUT2D eigenvalue weighted by atomic mass is 16.5. The number of esters is 1. The smallest absolute Gasteiger partial charge is 0.315 e. The Bertz CT molecular complexity index is 274. The maximum Gasteiger partial charge on any atom is 0.315 e. The van der Waals surface area contributed by atoms with E-state index in [1.165, 1.54) is 32.8 Å². The zero-order valence-electron chi connectivity index (χ0n) is 10.6. The van der Waals surface area contributed by atoms with Gasteiger partial charge in [0.15, 0.2) is 0 Å². The number of carbonyl (C=O) groups excluding carboxylic acids is 1. The topological polar surface area (TPSA) is 61.5 Å². The van der Waals surface area contributed by atoms with Crippen LogP contribution in [0.5, 0.6) is 0 Å². The van der Waals surface area contributed by atoms with Crippen LogP contribution in [0.4, 0.5) is 0 Å². The van der Waals surface area contributed by atoms with Gasteiger partial charge in [-0.2, -0.15) is 0 Å². The van der Waals surface area contributed by atoms with Gasteiger partial charge in [-0.1, -0.05) is 12.8 Å². The second-order valence-corrected chi connectivity index (χ2v) is 5.58. The van der Waals surface area contributed by atoms with E-state index in [0.29, 0.717) is 25.0 Å². The van der Waals surface area contributed by atoms with Crippen molar-refractivity contribution in [3.63, 3.8) is 0 Å². The SMILES string of the molecule is COC(=O)C(CN)(COCC1CC1)CC1CC1. The molecule has 0 saturated heterocycles. The molecule has 17 heavy (non-hydrogen) atoms. The van der Waals surface area contributed by atoms with Crippen LogP contribution in [0.2, 0.25) is 0 Å². The first-order chi connectivity index (χ1) is 8.20. The molecule has 0 aromatic heterocycles. The third-order valence-corrected chi connectivity index (χ3v) is 3.81. The normalized spacial score (nSPS) is 23.2. The minimum Gasteiger partial charge on any atom is -0.468 e. The number of carbonyl (C=O) groups is 1. The maximum absolute atomic E-state index is 11.9. The molecule has 4 heteroatoms. The van der Waals surface area contributed by atoms with E-state index >= 15 is 0 Å². The molecule has 0 heterocycles. The molecule has 0 radical (unpaired) electrons. The quantitative estimate of drug-likeness (QED) is 0.651. The van der Waals surface area contributed by atoms with Crippen molar-refractivity contribution in [1.82, 2.24) is 0 Å². The Morgan fingerprint density at radius 2 is 1.94 bits per heavy atom. The predicted octanol–water partition coefficient (Wildman–Crippen LogP) is 1.33. The summed E-state index contributed by atoms with van der Waals surface area (Å²) in [6, 6.07) is 0. The van der Waals surface area contributed by atoms with Crippen molar-refractivity contribution in [3.05, 3.63) is 0 Å². The summed E-state index contributed by atoms with van der Waals surface area (Å²) in [5, 5.41) is 0. The molecule has 2 aliphatic rings. The van der Waals surface area contributed by atoms with Gasteiger partial charge < -0.3 is 15.2 Å². The van der Waals surface area contributed by atoms with Crippen LogP contribution >= 0.6 is 0 Å². The number of rotatable bonds is 8. The highest BCUT2D eigenvalue weighted by Gasteiger charge is 2.43. The first-order valence-electron chi connectivity index (χ1n) is 6.56. The molecule has 0 aliphatic heterocycles. The molecule has 1 atom stereocenters. The molecular weight excluding hydrogens is 218 g/mol. The van der Waals surface area contributed by atoms with Crippen molar-refractivity contribution in [3.8, 4) is 0 Å². The molecule has 0 amide bonds. The third kappa shape index (κ3) is 3.42. The van der Waals surface area contributed by atoms with Crippen LogP contribution in [0.3, 0.4) is 0 Å². The Kier molecular flexibility index (Phi) is 4.05. The molecule has 98 valence electrons. The van der Waals surface area contributed by atoms with Crippen LogP contribution < -0.4 is 5.73 Å². The van der Waals surface area contributed by atoms with E-state index in [0.717, 1.165) is 13.0 Å². The summed E-state index contributed by atoms with van der Waals surface area (Å²) < 4.78 is 10.6. The molecular formula is C13H23NO3. The lowest BCUT2D eigenvalue weighted by Gasteiger charge is -2.29. The second kappa shape index (κ2) is 5.36. The van der Waals surface area contributed by atoms with E-state index in [-0.39, 0.29) is 5.97 Å². The summed E-state index contributed by atoms with van der Waals surface area (Å²) in [6.07, 6.45) is 5.76. The fraction of sp³-hybridized carbons (Fsp3) is 0.923. The van der Waals surface area contributed by atoms with Crippen molar-refractivity contribution in [2.24, 2.45) is 23.0 Å². The van der Waals surface area contributed by atoms with Crippen molar-refractivity contribution < 1.29 is 14.3 Å². The van der Waals surface area contributed by atoms with Gasteiger partial charge in [0.2, 0.25) is 0 Å². The van der Waals surface area contributed by atoms with Gasteiger partial charge in [0.1, 0.15) is 5.41 Å². The Morgan fingerprint density at radius 3 is 2.41 bits per heavy atom. The molecule has 0 spiro atoms. The second-order valence-electron chi connectivity index (χ2n) is 5.58. The highest BCUT2D eigenvalue weighted by molar-refractivity contribution is 5.77. The number of ether oxygens (including phenoxy) is 2. The summed E-state index contributed by atoms with van der Waals surface area (Å²) >= 11 is 0. The molecule has 2 N–H and O–H groups in total. The van der Waals surface area contributed by atoms with Gasteiger partial charge in [-0.25, -0.2) is 0 Å². The van der Waals surface area contributed by atoms with Gasteiger partial charge in [0, 0.05) is 13.2 Å². The van der Waals surface area contributed by atoms with Crippen molar-refractivity contribution in [2.75, 3.05) is 26.9 Å². The number of methoxy groups -OCH3 is 1. The zero-order valence-corrected chi connectivity index (χ0v) is 10.6. The molecule has 1 unspecified atom stereocenters. The molecule has 0 aromatic carbocycles. The first-order valence-corrected chi connectivity index (χ1v) is 6.56. The van der Waals surface area contributed by atoms with Crippen LogP contribution in [0.1, 0.15) is 32.1 Å². The summed E-state index contributed by atoms with van der Waals surface area (Å²) in [6.45, 7) is 1.51. The molecule has 2 rings (SSSR count). The Hall–Kier alpha value is -0.610. The number of hydrogen-bond acceptors (Lipinski definition) is 4. The van der Waals surface area contributed by atoms with E-state index in [2.05, 4.69) is 0 Å². The summed E-state index contributed by atoms with van der Waals surface area (Å²) in [5.74, 6) is 1.15. The van der Waals surface area contributed by atoms with E-state index in [4.69, 9.17) is 15.2 Å². The fourth-order valence-electron chi connectivity index (χ4n) is 2.22. The molecule has 0 bridgehead atoms. The maximum atomic E-state index is 11.9. The lowest BCUT2D eigenvalue weighted by molar-refractivity contribution is -0.157. The number of nitrogens with two attached hydrogens (primary N) is 1. The van der Waals surface area contributed by atoms with Gasteiger partial charge in [0.25, 0.3) is 0 Å². The zero-order chi connectivity index (χ0) is 12.3. The van der Waals surface area contributed by atoms with Gasteiger partial charge in [-0.3, -0.25) is 4.79 Å². The van der Waals surface area contributed by atoms with Crippen LogP contribution in [0.25, 0.3) is 0 Å². The van der Waals surface area contributed by atoms with Crippen molar-refractivity contribution in [1.29, 1.82) is 0 Å². The molecule has 2 fully saturated rings. The standard InChI is InChI=1S/C13H23NO3/c1-16-12(15)13(8-14,6-10-2-3-10)9-17-7-11-4-5-11/h10-11H,2-9,14H2,1H3. The molecule has 2 aliphatic carbocycles. The summed E-state index contributed by atoms with van der Waals surface area (Å²) in [7, 11) is 1.43. The average molecular weight is 241 g/mol. The van der Waals surface area contributed by atoms with E-state index in [1.54, 1.807) is 0 Å². The lowest BCUT2D eigenvalue weighted by atomic mass is 9.83. The fourth-order valence-corrected chi connectivity index (χ4v) is 2.22. The number of hydrogen-bond donors (Lipinski definition) is 1. The lowest BCUT2D eigenvalue weighted by Crippen LogP contribution is -2.44. The van der Waals surface area contributed by atoms with Crippen molar-refractivity contribution >= 4 is 5.97 Å². The largest absolute Gasteiger partial charge is 0.468 e. The van der Waals surface area contributed by atoms with Gasteiger partial charge in [0.05, 0.1) is 13.7 Å². The molecule has 0 aromatic rings. The van der Waals surface area contributed by atoms with Crippen LogP contribution in [-0.4, -0.2) is 32.8 Å². The van der Waals surface area contributed by atoms with Crippen LogP contribution in [-0.2, 0) is 14.3 Å². The average Bonchev–Trinajstić information content (AvgIpc) is 3.21. The Labute approximate surface area is 103 Å². The Balaban J connectivity index is 1.88. The highest BCUT2D eigenvalue weighted by Crippen LogP contribution is 2.41. The van der Waals surface area contributed by atoms with E-state index < -0.39 is 5.41 Å². The molecule has 4 nitrogen and oxygen atoms in total. The van der Waals surface area contributed by atoms with E-state index in [1.807, 2.05) is 0 Å². The van der Waals surface area contributed by atoms with Crippen molar-refractivity contribution in [2.45, 2.75) is 32.1 Å². The van der Waals surface area contributed by atoms with Crippen LogP contribution in [0, 0.1) is 17.3 Å². The molecule has 2 saturated carbocycles. The minimum absolute atomic E-state index is 0.206. The Morgan fingerprint density at radius 1 is 1.29 bits per heavy atom. The third-order valence-electron chi connectivity index (χ3n) is 3.81. The predicted molar refractivity (Wildman–Crippen MR) is 64.4 cm³/mol. The van der Waals surface area contributed by atoms with Gasteiger partial charge in [-0.15, -0.1) is 0 Å². The summed E-state index contributed by atoms with van der Waals surface area (Å²) in [5.41, 5.74) is 5.21. The van der Waals surface area contributed by atoms with E-state index in [9.17, 15) is 4.79 Å². The first kappa shape index (κ1) is 12.8.